The standard InChI is InChI=1S/C20H26N2O4S/c1-5-26-19-9-7-6-8-18(19)22(27(4,24)25)13-12-21-20(23)17-11-10-15(2)16(3)14-17/h6-11,14H,5,12-13H2,1-4H3,(H,21,23). The van der Waals surface area contributed by atoms with Crippen LogP contribution in [0.1, 0.15) is 28.4 Å². The van der Waals surface area contributed by atoms with Crippen molar-refractivity contribution in [2.45, 2.75) is 20.8 Å². The van der Waals surface area contributed by atoms with Gasteiger partial charge in [0.25, 0.3) is 5.91 Å². The molecular weight excluding hydrogens is 364 g/mol. The summed E-state index contributed by atoms with van der Waals surface area (Å²) in [5, 5.41) is 2.78. The molecule has 0 aliphatic carbocycles. The summed E-state index contributed by atoms with van der Waals surface area (Å²) in [6.07, 6.45) is 1.14. The Morgan fingerprint density at radius 1 is 1.11 bits per heavy atom. The van der Waals surface area contributed by atoms with Gasteiger partial charge in [0, 0.05) is 12.1 Å². The van der Waals surface area contributed by atoms with Gasteiger partial charge in [-0.05, 0) is 56.2 Å². The Hall–Kier alpha value is -2.54. The van der Waals surface area contributed by atoms with Crippen LogP contribution in [0.3, 0.4) is 0 Å². The molecule has 6 nitrogen and oxygen atoms in total. The molecule has 0 aromatic heterocycles. The zero-order chi connectivity index (χ0) is 20.0. The highest BCUT2D eigenvalue weighted by Gasteiger charge is 2.21. The Bertz CT molecular complexity index is 910. The lowest BCUT2D eigenvalue weighted by molar-refractivity contribution is 0.0954. The first-order valence-electron chi connectivity index (χ1n) is 8.79. The van der Waals surface area contributed by atoms with E-state index < -0.39 is 10.0 Å². The maximum absolute atomic E-state index is 12.3. The Kier molecular flexibility index (Phi) is 6.85. The quantitative estimate of drug-likeness (QED) is 0.752. The van der Waals surface area contributed by atoms with Crippen molar-refractivity contribution in [3.63, 3.8) is 0 Å². The van der Waals surface area contributed by atoms with E-state index in [9.17, 15) is 13.2 Å². The van der Waals surface area contributed by atoms with E-state index >= 15 is 0 Å². The fourth-order valence-corrected chi connectivity index (χ4v) is 3.59. The van der Waals surface area contributed by atoms with Crippen molar-refractivity contribution in [3.05, 3.63) is 59.2 Å². The molecule has 1 N–H and O–H groups in total. The molecule has 2 aromatic carbocycles. The van der Waals surface area contributed by atoms with Gasteiger partial charge in [-0.2, -0.15) is 0 Å². The zero-order valence-corrected chi connectivity index (χ0v) is 17.0. The first-order valence-corrected chi connectivity index (χ1v) is 10.6. The second-order valence-corrected chi connectivity index (χ2v) is 8.20. The van der Waals surface area contributed by atoms with Gasteiger partial charge in [-0.25, -0.2) is 8.42 Å². The first-order chi connectivity index (χ1) is 12.7. The topological polar surface area (TPSA) is 75.7 Å². The predicted octanol–water partition coefficient (Wildman–Crippen LogP) is 2.90. The zero-order valence-electron chi connectivity index (χ0n) is 16.2. The van der Waals surface area contributed by atoms with Crippen LogP contribution in [-0.2, 0) is 10.0 Å². The minimum Gasteiger partial charge on any atom is -0.492 e. The molecular formula is C20H26N2O4S. The van der Waals surface area contributed by atoms with Gasteiger partial charge < -0.3 is 10.1 Å². The van der Waals surface area contributed by atoms with E-state index in [1.54, 1.807) is 30.3 Å². The Balaban J connectivity index is 2.12. The third-order valence-electron chi connectivity index (χ3n) is 4.20. The molecule has 7 heteroatoms. The van der Waals surface area contributed by atoms with Crippen molar-refractivity contribution in [3.8, 4) is 5.75 Å². The normalized spacial score (nSPS) is 11.1. The number of aryl methyl sites for hydroxylation is 2. The fourth-order valence-electron chi connectivity index (χ4n) is 2.66. The second-order valence-electron chi connectivity index (χ2n) is 6.29. The summed E-state index contributed by atoms with van der Waals surface area (Å²) >= 11 is 0. The van der Waals surface area contributed by atoms with Gasteiger partial charge in [-0.15, -0.1) is 0 Å². The summed E-state index contributed by atoms with van der Waals surface area (Å²) in [6.45, 7) is 6.49. The molecule has 1 amide bonds. The number of nitrogens with zero attached hydrogens (tertiary/aromatic N) is 1. The molecule has 0 aliphatic heterocycles. The number of amides is 1. The molecule has 0 bridgehead atoms. The molecule has 0 unspecified atom stereocenters. The van der Waals surface area contributed by atoms with Crippen LogP contribution in [0.4, 0.5) is 5.69 Å². The molecule has 0 fully saturated rings. The second kappa shape index (κ2) is 8.90. The lowest BCUT2D eigenvalue weighted by Crippen LogP contribution is -2.38. The number of ether oxygens (including phenoxy) is 1. The average Bonchev–Trinajstić information content (AvgIpc) is 2.61. The van der Waals surface area contributed by atoms with Crippen LogP contribution in [0.2, 0.25) is 0 Å². The monoisotopic (exact) mass is 390 g/mol. The highest BCUT2D eigenvalue weighted by molar-refractivity contribution is 7.92. The lowest BCUT2D eigenvalue weighted by Gasteiger charge is -2.24. The number of carbonyl (C=O) groups excluding carboxylic acids is 1. The van der Waals surface area contributed by atoms with Gasteiger partial charge >= 0.3 is 0 Å². The van der Waals surface area contributed by atoms with E-state index in [1.807, 2.05) is 32.9 Å². The van der Waals surface area contributed by atoms with E-state index in [0.717, 1.165) is 17.4 Å². The van der Waals surface area contributed by atoms with Crippen LogP contribution in [0, 0.1) is 13.8 Å². The van der Waals surface area contributed by atoms with Gasteiger partial charge in [0.05, 0.1) is 25.1 Å². The molecule has 2 rings (SSSR count). The highest BCUT2D eigenvalue weighted by atomic mass is 32.2. The molecule has 0 saturated carbocycles. The number of sulfonamides is 1. The number of benzene rings is 2. The van der Waals surface area contributed by atoms with E-state index in [0.29, 0.717) is 23.6 Å². The summed E-state index contributed by atoms with van der Waals surface area (Å²) in [5.41, 5.74) is 3.16. The third-order valence-corrected chi connectivity index (χ3v) is 5.38. The number of anilines is 1. The van der Waals surface area contributed by atoms with Crippen molar-refractivity contribution in [1.29, 1.82) is 0 Å². The van der Waals surface area contributed by atoms with Crippen molar-refractivity contribution < 1.29 is 17.9 Å². The van der Waals surface area contributed by atoms with Gasteiger partial charge in [-0.1, -0.05) is 18.2 Å². The van der Waals surface area contributed by atoms with Crippen molar-refractivity contribution in [2.24, 2.45) is 0 Å². The van der Waals surface area contributed by atoms with Gasteiger partial charge in [-0.3, -0.25) is 9.10 Å². The molecule has 0 spiro atoms. The fraction of sp³-hybridized carbons (Fsp3) is 0.350. The Morgan fingerprint density at radius 3 is 2.44 bits per heavy atom. The molecule has 0 saturated heterocycles. The third kappa shape index (κ3) is 5.47. The smallest absolute Gasteiger partial charge is 0.251 e. The molecule has 27 heavy (non-hydrogen) atoms. The van der Waals surface area contributed by atoms with Crippen LogP contribution in [-0.4, -0.2) is 40.3 Å². The van der Waals surface area contributed by atoms with Crippen LogP contribution in [0.5, 0.6) is 5.75 Å². The number of rotatable bonds is 8. The maximum atomic E-state index is 12.3. The van der Waals surface area contributed by atoms with E-state index in [4.69, 9.17) is 4.74 Å². The number of hydrogen-bond donors (Lipinski definition) is 1. The minimum atomic E-state index is -3.53. The maximum Gasteiger partial charge on any atom is 0.251 e. The Labute approximate surface area is 161 Å². The van der Waals surface area contributed by atoms with Crippen molar-refractivity contribution in [1.82, 2.24) is 5.32 Å². The number of nitrogens with one attached hydrogen (secondary N) is 1. The van der Waals surface area contributed by atoms with Crippen molar-refractivity contribution >= 4 is 21.6 Å². The largest absolute Gasteiger partial charge is 0.492 e. The summed E-state index contributed by atoms with van der Waals surface area (Å²) in [4.78, 5) is 12.3. The van der Waals surface area contributed by atoms with E-state index in [2.05, 4.69) is 5.32 Å². The van der Waals surface area contributed by atoms with Crippen LogP contribution in [0.25, 0.3) is 0 Å². The average molecular weight is 391 g/mol. The van der Waals surface area contributed by atoms with Gasteiger partial charge in [0.2, 0.25) is 10.0 Å². The highest BCUT2D eigenvalue weighted by Crippen LogP contribution is 2.29. The van der Waals surface area contributed by atoms with Gasteiger partial charge in [0.1, 0.15) is 5.75 Å². The number of carbonyl (C=O) groups is 1. The van der Waals surface area contributed by atoms with Crippen LogP contribution in [0.15, 0.2) is 42.5 Å². The van der Waals surface area contributed by atoms with E-state index in [1.165, 1.54) is 4.31 Å². The SMILES string of the molecule is CCOc1ccccc1N(CCNC(=O)c1ccc(C)c(C)c1)S(C)(=O)=O. The first kappa shape index (κ1) is 20.8. The Morgan fingerprint density at radius 2 is 1.81 bits per heavy atom. The summed E-state index contributed by atoms with van der Waals surface area (Å²) in [6, 6.07) is 12.4. The lowest BCUT2D eigenvalue weighted by atomic mass is 10.1. The van der Waals surface area contributed by atoms with Crippen LogP contribution >= 0.6 is 0 Å². The van der Waals surface area contributed by atoms with E-state index in [-0.39, 0.29) is 19.0 Å². The summed E-state index contributed by atoms with van der Waals surface area (Å²) in [7, 11) is -3.53. The molecule has 0 aliphatic rings. The number of hydrogen-bond acceptors (Lipinski definition) is 4. The minimum absolute atomic E-state index is 0.111. The molecule has 0 atom stereocenters. The number of para-hydroxylation sites is 2. The predicted molar refractivity (Wildman–Crippen MR) is 108 cm³/mol. The molecule has 146 valence electrons. The van der Waals surface area contributed by atoms with Crippen molar-refractivity contribution in [2.75, 3.05) is 30.3 Å². The molecule has 2 aromatic rings. The van der Waals surface area contributed by atoms with Crippen LogP contribution < -0.4 is 14.4 Å². The summed E-state index contributed by atoms with van der Waals surface area (Å²) in [5.74, 6) is 0.260. The molecule has 0 heterocycles. The van der Waals surface area contributed by atoms with Gasteiger partial charge in [0.15, 0.2) is 0 Å². The summed E-state index contributed by atoms with van der Waals surface area (Å²) < 4.78 is 31.3. The molecule has 0 radical (unpaired) electrons.